The maximum atomic E-state index is 9.52. The molecular weight excluding hydrogens is 1390 g/mol. The van der Waals surface area contributed by atoms with Gasteiger partial charge in [-0.3, -0.25) is 0 Å². The number of hydrogen-bond acceptors (Lipinski definition) is 9. The lowest BCUT2D eigenvalue weighted by molar-refractivity contribution is -0.113. The first kappa shape index (κ1) is 68.0. The van der Waals surface area contributed by atoms with E-state index in [0.717, 1.165) is 86.8 Å². The minimum absolute atomic E-state index is 0.0876. The molecule has 11 fully saturated rings. The van der Waals surface area contributed by atoms with E-state index in [2.05, 4.69) is 251 Å². The molecule has 5 saturated heterocycles. The molecule has 5 atom stereocenters. The largest absolute Gasteiger partial charge is 0.436 e. The number of rotatable bonds is 5. The first-order valence-electron chi connectivity index (χ1n) is 50.2. The Balaban J connectivity index is 0.000000122. The molecule has 0 radical (unpaired) electrons. The number of furan rings is 2. The van der Waals surface area contributed by atoms with Gasteiger partial charge in [-0.2, -0.15) is 0 Å². The van der Waals surface area contributed by atoms with Crippen molar-refractivity contribution < 1.29 is 25.3 Å². The Morgan fingerprint density at radius 2 is 0.719 bits per heavy atom. The van der Waals surface area contributed by atoms with Gasteiger partial charge in [-0.1, -0.05) is 145 Å². The lowest BCUT2D eigenvalue weighted by atomic mass is 9.43. The van der Waals surface area contributed by atoms with Gasteiger partial charge in [0.1, 0.15) is 0 Å². The minimum Gasteiger partial charge on any atom is -0.436 e. The van der Waals surface area contributed by atoms with Crippen LogP contribution in [0.25, 0.3) is 44.1 Å². The smallest absolute Gasteiger partial charge is 0.227 e. The molecule has 3 spiro atoms. The summed E-state index contributed by atoms with van der Waals surface area (Å²) in [6, 6.07) is 42.0. The highest BCUT2D eigenvalue weighted by atomic mass is 16.3. The zero-order valence-corrected chi connectivity index (χ0v) is 74.2. The normalized spacial score (nSPS) is 32.2. The average molecular weight is 1550 g/mol. The summed E-state index contributed by atoms with van der Waals surface area (Å²) in [4.78, 5) is 21.1. The topological polar surface area (TPSA) is 68.3 Å². The molecule has 4 bridgehead atoms. The maximum Gasteiger partial charge on any atom is 0.227 e. The Morgan fingerprint density at radius 3 is 1.14 bits per heavy atom. The van der Waals surface area contributed by atoms with Crippen LogP contribution in [0.4, 0.5) is 28.4 Å². The van der Waals surface area contributed by atoms with Crippen molar-refractivity contribution in [2.75, 3.05) is 24.5 Å². The van der Waals surface area contributed by atoms with E-state index in [1.165, 1.54) is 147 Å². The monoisotopic (exact) mass is 1550 g/mol. The van der Waals surface area contributed by atoms with Crippen LogP contribution in [-0.4, -0.2) is 67.9 Å². The minimum atomic E-state index is -3.00. The van der Waals surface area contributed by atoms with Gasteiger partial charge in [0.25, 0.3) is 0 Å². The molecule has 0 unspecified atom stereocenters. The predicted octanol–water partition coefficient (Wildman–Crippen LogP) is 28.5. The number of pyridine rings is 2. The highest BCUT2D eigenvalue weighted by molar-refractivity contribution is 6.10. The molecule has 20 rings (SSSR count). The van der Waals surface area contributed by atoms with Crippen LogP contribution in [0.1, 0.15) is 315 Å². The summed E-state index contributed by atoms with van der Waals surface area (Å²) in [5, 5.41) is 4.58. The first-order chi connectivity index (χ1) is 58.5. The number of hydrogen-bond donors (Lipinski definition) is 0. The van der Waals surface area contributed by atoms with E-state index in [-0.39, 0.29) is 39.4 Å². The van der Waals surface area contributed by atoms with Crippen molar-refractivity contribution in [2.24, 2.45) is 50.7 Å². The predicted molar refractivity (Wildman–Crippen MR) is 487 cm³/mol. The van der Waals surface area contributed by atoms with Crippen molar-refractivity contribution in [3.05, 3.63) is 161 Å². The van der Waals surface area contributed by atoms with Gasteiger partial charge >= 0.3 is 0 Å². The molecule has 6 saturated carbocycles. The Kier molecular flexibility index (Phi) is 17.6. The van der Waals surface area contributed by atoms with E-state index >= 15 is 0 Å². The fraction of sp³-hybridized carbons (Fsp3) is 0.619. The summed E-state index contributed by atoms with van der Waals surface area (Å²) in [6.45, 7) is 45.5. The Labute approximate surface area is 706 Å². The van der Waals surface area contributed by atoms with E-state index in [4.69, 9.17) is 22.5 Å². The van der Waals surface area contributed by atoms with E-state index in [0.29, 0.717) is 35.0 Å². The van der Waals surface area contributed by atoms with Gasteiger partial charge in [-0.15, -0.1) is 0 Å². The quantitative estimate of drug-likeness (QED) is 0.168. The second-order valence-electron chi connectivity index (χ2n) is 41.3. The molecule has 11 aliphatic rings. The van der Waals surface area contributed by atoms with Gasteiger partial charge < -0.3 is 33.3 Å². The summed E-state index contributed by atoms with van der Waals surface area (Å²) in [5.41, 5.74) is 12.7. The van der Waals surface area contributed by atoms with E-state index in [1.54, 1.807) is 30.9 Å². The van der Waals surface area contributed by atoms with Crippen molar-refractivity contribution >= 4 is 72.6 Å². The standard InChI is InChI=1S/C25H32N2O.C23H33N.C22H28N2O.C19H29N.C16H25N/c1-16-9-11-19-20-12-10-17(2)26-23(20)28-22(19)21(16)27-18(3)25(15-24(27,4)5)13-7-6-8-14-25;1-15-7-5-6-8-21(15)24-16(2)23(14-22(24,3)4)19-10-17-9-18(12-19)13-20(23)11-17;1-13-8-10-16-17-11-9-14(2)23-20(17)25-19(16)18(13)24-15(3)21(4,5)12-22(24,6)7;1-15-10-6-7-11-17(15)20-16(2)19(14-18(20,3)4)12-8-5-9-13-19;1-12-9-7-8-10-14(12)17-13(2)15(3,4)11-16(17,5)6/h9-12,18H,6-8,13-15H2,1-5H3;5-8,16-20H,9-14H2,1-4H3;8-11,15H,12H2,1-7H3;6-7,10-11,16H,5,8-9,12-14H2,1-4H3;7-10,13H,11H2,1-6H3/t18-;16-,17?,18?,19?,20?,23?;15-;16-;13-/m00000/s1/i;14D2;;14D2;3D3,4D3,11D2. The van der Waals surface area contributed by atoms with Gasteiger partial charge in [0.2, 0.25) is 11.4 Å². The fourth-order valence-electron chi connectivity index (χ4n) is 26.2. The highest BCUT2D eigenvalue weighted by Crippen LogP contribution is 2.70. The van der Waals surface area contributed by atoms with Crippen LogP contribution in [0.5, 0.6) is 0 Å². The molecule has 9 heteroatoms. The van der Waals surface area contributed by atoms with Crippen molar-refractivity contribution in [3.8, 4) is 0 Å². The Bertz CT molecular complexity index is 5520. The number of anilines is 5. The SMILES string of the molecule is Cc1ccc2c(n1)oc1c(N3[C@@H](C)C(C)(C)CC3(C)C)c(C)ccc12.Cc1ccc2c(n1)oc1c(N3[C@@H](C)C4(CCCCC4)CC3(C)C)c(C)ccc12.[2H]C([2H])([2H])C1(C([2H])([2H])[2H])[C@H](C)N(c2ccccc2C)C(C)(C)C1([2H])[2H].[2H]C1([2H])C2(C3CC4CC(C3)CC2C4)[C@H](C)N(c2ccccc2C)C1(C)C.[2H]C1([2H])C2(CCCCC2)[C@H](C)N(c2ccccc2C)C1(C)C. The zero-order chi connectivity index (χ0) is 92.1. The lowest BCUT2D eigenvalue weighted by Crippen LogP contribution is -2.57. The van der Waals surface area contributed by atoms with Crippen LogP contribution >= 0.6 is 0 Å². The molecule has 6 aliphatic carbocycles. The van der Waals surface area contributed by atoms with E-state index in [9.17, 15) is 2.74 Å². The number of benzene rings is 5. The molecule has 114 heavy (non-hydrogen) atoms. The molecule has 614 valence electrons. The maximum absolute atomic E-state index is 9.52. The van der Waals surface area contributed by atoms with Crippen molar-refractivity contribution in [1.82, 2.24) is 9.97 Å². The first-order valence-corrected chi connectivity index (χ1v) is 44.2. The molecule has 0 N–H and O–H groups in total. The number of fused-ring (bicyclic) bond motifs is 6. The van der Waals surface area contributed by atoms with Gasteiger partial charge in [0.15, 0.2) is 11.2 Å². The second kappa shape index (κ2) is 29.5. The Hall–Kier alpha value is -7.00. The van der Waals surface area contributed by atoms with Crippen LogP contribution in [0, 0.1) is 99.2 Å². The van der Waals surface area contributed by atoms with Crippen LogP contribution in [-0.2, 0) is 0 Å². The lowest BCUT2D eigenvalue weighted by Gasteiger charge is -2.62. The summed E-state index contributed by atoms with van der Waals surface area (Å²) in [5.74, 6) is 2.89. The Morgan fingerprint density at radius 1 is 0.351 bits per heavy atom. The van der Waals surface area contributed by atoms with Crippen LogP contribution in [0.3, 0.4) is 0 Å². The zero-order valence-electron chi connectivity index (χ0n) is 86.2. The highest BCUT2D eigenvalue weighted by Gasteiger charge is 2.66. The van der Waals surface area contributed by atoms with E-state index < -0.39 is 60.9 Å². The van der Waals surface area contributed by atoms with Crippen molar-refractivity contribution in [3.63, 3.8) is 0 Å². The summed E-state index contributed by atoms with van der Waals surface area (Å²) in [6.07, 6.45) is 16.6. The van der Waals surface area contributed by atoms with Crippen LogP contribution in [0.2, 0.25) is 0 Å². The molecule has 5 aliphatic heterocycles. The van der Waals surface area contributed by atoms with Crippen molar-refractivity contribution in [2.45, 2.75) is 366 Å². The molecule has 9 heterocycles. The molecular formula is C105H147N7O2. The second-order valence-corrected chi connectivity index (χ2v) is 41.3. The van der Waals surface area contributed by atoms with Gasteiger partial charge in [0.05, 0.1) is 11.4 Å². The summed E-state index contributed by atoms with van der Waals surface area (Å²) in [7, 11) is 0. The van der Waals surface area contributed by atoms with Crippen molar-refractivity contribution in [1.29, 1.82) is 0 Å². The van der Waals surface area contributed by atoms with Gasteiger partial charge in [-0.05, 0) is 363 Å². The van der Waals surface area contributed by atoms with E-state index in [1.807, 2.05) is 32.9 Å². The molecule has 9 nitrogen and oxygen atoms in total. The third kappa shape index (κ3) is 14.1. The number of aromatic nitrogens is 2. The number of nitrogens with zero attached hydrogens (tertiary/aromatic N) is 7. The van der Waals surface area contributed by atoms with Gasteiger partial charge in [-0.25, -0.2) is 9.97 Å². The number of para-hydroxylation sites is 3. The molecule has 9 aromatic rings. The number of aryl methyl sites for hydroxylation is 7. The molecule has 4 aromatic heterocycles. The molecule has 0 amide bonds. The fourth-order valence-corrected chi connectivity index (χ4v) is 26.2. The van der Waals surface area contributed by atoms with Gasteiger partial charge in [0, 0.05) is 124 Å². The summed E-state index contributed by atoms with van der Waals surface area (Å²) < 4.78 is 115. The van der Waals surface area contributed by atoms with Crippen LogP contribution in [0.15, 0.2) is 130 Å². The summed E-state index contributed by atoms with van der Waals surface area (Å²) >= 11 is 0. The third-order valence-electron chi connectivity index (χ3n) is 30.8. The average Bonchev–Trinajstić information content (AvgIpc) is 1.49. The molecule has 5 aromatic carbocycles. The third-order valence-corrected chi connectivity index (χ3v) is 30.8. The van der Waals surface area contributed by atoms with Crippen LogP contribution < -0.4 is 24.5 Å².